The minimum Gasteiger partial charge on any atom is -0.456 e. The van der Waals surface area contributed by atoms with Gasteiger partial charge in [-0.05, 0) is 37.3 Å². The Morgan fingerprint density at radius 1 is 1.05 bits per heavy atom. The maximum absolute atomic E-state index is 6.28. The third-order valence-corrected chi connectivity index (χ3v) is 4.07. The van der Waals surface area contributed by atoms with Crippen molar-refractivity contribution < 1.29 is 9.47 Å². The van der Waals surface area contributed by atoms with Crippen LogP contribution in [0.15, 0.2) is 36.4 Å². The number of rotatable bonds is 3. The van der Waals surface area contributed by atoms with Gasteiger partial charge in [-0.1, -0.05) is 34.8 Å². The van der Waals surface area contributed by atoms with Gasteiger partial charge < -0.3 is 9.47 Å². The van der Waals surface area contributed by atoms with Crippen LogP contribution in [-0.2, 0) is 10.3 Å². The van der Waals surface area contributed by atoms with E-state index in [0.29, 0.717) is 33.2 Å². The molecule has 1 aliphatic rings. The molecule has 20 heavy (non-hydrogen) atoms. The lowest BCUT2D eigenvalue weighted by molar-refractivity contribution is 0.329. The van der Waals surface area contributed by atoms with Gasteiger partial charge in [0.1, 0.15) is 17.1 Å². The zero-order valence-corrected chi connectivity index (χ0v) is 12.9. The first-order valence-electron chi connectivity index (χ1n) is 6.05. The lowest BCUT2D eigenvalue weighted by atomic mass is 10.0. The van der Waals surface area contributed by atoms with Crippen molar-refractivity contribution in [2.24, 2.45) is 0 Å². The second-order valence-electron chi connectivity index (χ2n) is 4.84. The standard InChI is InChI=1S/C15H11Cl3O2/c1-15(8-19-15)11-6-13(18)14(7-12(11)17)20-10-4-2-9(16)3-5-10/h2-7H,8H2,1H3. The molecule has 1 fully saturated rings. The summed E-state index contributed by atoms with van der Waals surface area (Å²) in [5, 5.41) is 1.73. The Morgan fingerprint density at radius 3 is 2.30 bits per heavy atom. The summed E-state index contributed by atoms with van der Waals surface area (Å²) in [5.41, 5.74) is 0.562. The highest BCUT2D eigenvalue weighted by molar-refractivity contribution is 6.35. The Labute approximate surface area is 132 Å². The van der Waals surface area contributed by atoms with E-state index in [9.17, 15) is 0 Å². The molecule has 2 aromatic carbocycles. The molecule has 3 rings (SSSR count). The van der Waals surface area contributed by atoms with Crippen LogP contribution >= 0.6 is 34.8 Å². The average Bonchev–Trinajstić information content (AvgIpc) is 3.15. The summed E-state index contributed by atoms with van der Waals surface area (Å²) < 4.78 is 11.1. The molecule has 5 heteroatoms. The minimum absolute atomic E-state index is 0.320. The van der Waals surface area contributed by atoms with E-state index in [1.54, 1.807) is 36.4 Å². The van der Waals surface area contributed by atoms with Gasteiger partial charge in [-0.15, -0.1) is 0 Å². The molecule has 0 aliphatic carbocycles. The maximum Gasteiger partial charge on any atom is 0.147 e. The van der Waals surface area contributed by atoms with Gasteiger partial charge in [-0.2, -0.15) is 0 Å². The molecular formula is C15H11Cl3O2. The van der Waals surface area contributed by atoms with Crippen molar-refractivity contribution in [3.05, 3.63) is 57.0 Å². The van der Waals surface area contributed by atoms with Crippen LogP contribution in [0.25, 0.3) is 0 Å². The van der Waals surface area contributed by atoms with Gasteiger partial charge in [0.15, 0.2) is 0 Å². The molecule has 0 bridgehead atoms. The van der Waals surface area contributed by atoms with Crippen molar-refractivity contribution in [1.82, 2.24) is 0 Å². The van der Waals surface area contributed by atoms with Gasteiger partial charge in [0.05, 0.1) is 16.7 Å². The van der Waals surface area contributed by atoms with E-state index < -0.39 is 0 Å². The highest BCUT2D eigenvalue weighted by Crippen LogP contribution is 2.45. The molecule has 0 saturated carbocycles. The van der Waals surface area contributed by atoms with Crippen LogP contribution < -0.4 is 4.74 Å². The summed E-state index contributed by atoms with van der Waals surface area (Å²) in [6, 6.07) is 10.5. The summed E-state index contributed by atoms with van der Waals surface area (Å²) in [7, 11) is 0. The second kappa shape index (κ2) is 5.12. The maximum atomic E-state index is 6.28. The monoisotopic (exact) mass is 328 g/mol. The third-order valence-electron chi connectivity index (χ3n) is 3.21. The van der Waals surface area contributed by atoms with Crippen molar-refractivity contribution >= 4 is 34.8 Å². The van der Waals surface area contributed by atoms with Gasteiger partial charge in [0.2, 0.25) is 0 Å². The van der Waals surface area contributed by atoms with Crippen molar-refractivity contribution in [1.29, 1.82) is 0 Å². The van der Waals surface area contributed by atoms with E-state index in [-0.39, 0.29) is 5.60 Å². The third kappa shape index (κ3) is 2.75. The van der Waals surface area contributed by atoms with E-state index in [1.165, 1.54) is 0 Å². The van der Waals surface area contributed by atoms with Crippen LogP contribution in [0.3, 0.4) is 0 Å². The average molecular weight is 330 g/mol. The van der Waals surface area contributed by atoms with E-state index in [1.807, 2.05) is 6.92 Å². The Kier molecular flexibility index (Phi) is 3.59. The molecule has 0 aromatic heterocycles. The van der Waals surface area contributed by atoms with Crippen LogP contribution in [0.4, 0.5) is 0 Å². The fourth-order valence-electron chi connectivity index (χ4n) is 1.91. The van der Waals surface area contributed by atoms with Crippen LogP contribution in [0, 0.1) is 0 Å². The van der Waals surface area contributed by atoms with Gasteiger partial charge in [-0.25, -0.2) is 0 Å². The molecule has 0 spiro atoms. The first-order valence-corrected chi connectivity index (χ1v) is 7.18. The highest BCUT2D eigenvalue weighted by Gasteiger charge is 2.43. The quantitative estimate of drug-likeness (QED) is 0.675. The summed E-state index contributed by atoms with van der Waals surface area (Å²) >= 11 is 18.4. The van der Waals surface area contributed by atoms with Crippen molar-refractivity contribution in [3.8, 4) is 11.5 Å². The number of hydrogen-bond acceptors (Lipinski definition) is 2. The zero-order valence-electron chi connectivity index (χ0n) is 10.6. The van der Waals surface area contributed by atoms with Gasteiger partial charge in [0, 0.05) is 16.7 Å². The van der Waals surface area contributed by atoms with Crippen LogP contribution in [0.2, 0.25) is 15.1 Å². The molecule has 1 aliphatic heterocycles. The first kappa shape index (κ1) is 14.0. The molecule has 0 radical (unpaired) electrons. The minimum atomic E-state index is -0.320. The number of epoxide rings is 1. The first-order chi connectivity index (χ1) is 9.48. The zero-order chi connectivity index (χ0) is 14.3. The van der Waals surface area contributed by atoms with E-state index in [2.05, 4.69) is 0 Å². The second-order valence-corrected chi connectivity index (χ2v) is 6.09. The fourth-order valence-corrected chi connectivity index (χ4v) is 2.59. The van der Waals surface area contributed by atoms with Crippen molar-refractivity contribution in [2.45, 2.75) is 12.5 Å². The van der Waals surface area contributed by atoms with Crippen molar-refractivity contribution in [3.63, 3.8) is 0 Å². The molecule has 1 atom stereocenters. The smallest absolute Gasteiger partial charge is 0.147 e. The molecule has 0 amide bonds. The molecule has 2 aromatic rings. The fraction of sp³-hybridized carbons (Fsp3) is 0.200. The highest BCUT2D eigenvalue weighted by atomic mass is 35.5. The summed E-state index contributed by atoms with van der Waals surface area (Å²) in [6.07, 6.45) is 0. The largest absolute Gasteiger partial charge is 0.456 e. The van der Waals surface area contributed by atoms with Gasteiger partial charge in [0.25, 0.3) is 0 Å². The van der Waals surface area contributed by atoms with E-state index in [4.69, 9.17) is 44.3 Å². The van der Waals surface area contributed by atoms with E-state index >= 15 is 0 Å². The predicted molar refractivity (Wildman–Crippen MR) is 81.3 cm³/mol. The van der Waals surface area contributed by atoms with Crippen LogP contribution in [0.1, 0.15) is 12.5 Å². The molecule has 2 nitrogen and oxygen atoms in total. The molecule has 1 saturated heterocycles. The molecule has 1 heterocycles. The topological polar surface area (TPSA) is 21.8 Å². The van der Waals surface area contributed by atoms with E-state index in [0.717, 1.165) is 5.56 Å². The lowest BCUT2D eigenvalue weighted by Crippen LogP contribution is -2.03. The Bertz CT molecular complexity index is 649. The summed E-state index contributed by atoms with van der Waals surface area (Å²) in [5.74, 6) is 1.15. The molecule has 1 unspecified atom stereocenters. The molecular weight excluding hydrogens is 319 g/mol. The summed E-state index contributed by atoms with van der Waals surface area (Å²) in [4.78, 5) is 0. The Morgan fingerprint density at radius 2 is 1.70 bits per heavy atom. The number of ether oxygens (including phenoxy) is 2. The van der Waals surface area contributed by atoms with Gasteiger partial charge in [-0.3, -0.25) is 0 Å². The SMILES string of the molecule is CC1(c2cc(Cl)c(Oc3ccc(Cl)cc3)cc2Cl)CO1. The Balaban J connectivity index is 1.90. The Hall–Kier alpha value is -0.930. The van der Waals surface area contributed by atoms with Gasteiger partial charge >= 0.3 is 0 Å². The lowest BCUT2D eigenvalue weighted by Gasteiger charge is -2.13. The number of benzene rings is 2. The van der Waals surface area contributed by atoms with Crippen LogP contribution in [0.5, 0.6) is 11.5 Å². The predicted octanol–water partition coefficient (Wildman–Crippen LogP) is 5.68. The molecule has 0 N–H and O–H groups in total. The normalized spacial score (nSPS) is 20.8. The molecule has 104 valence electrons. The van der Waals surface area contributed by atoms with Crippen molar-refractivity contribution in [2.75, 3.05) is 6.61 Å². The number of halogens is 3. The van der Waals surface area contributed by atoms with Crippen LogP contribution in [-0.4, -0.2) is 6.61 Å². The summed E-state index contributed by atoms with van der Waals surface area (Å²) in [6.45, 7) is 2.63. The number of hydrogen-bond donors (Lipinski definition) is 0.